The fourth-order valence-corrected chi connectivity index (χ4v) is 5.02. The van der Waals surface area contributed by atoms with Crippen LogP contribution in [0.25, 0.3) is 0 Å². The van der Waals surface area contributed by atoms with Crippen LogP contribution in [-0.2, 0) is 5.75 Å². The predicted octanol–water partition coefficient (Wildman–Crippen LogP) is 6.65. The molecule has 7 heteroatoms. The summed E-state index contributed by atoms with van der Waals surface area (Å²) in [6.07, 6.45) is 0. The second-order valence-electron chi connectivity index (χ2n) is 7.76. The maximum absolute atomic E-state index is 13.3. The van der Waals surface area contributed by atoms with Crippen LogP contribution in [0.3, 0.4) is 0 Å². The van der Waals surface area contributed by atoms with E-state index in [9.17, 15) is 4.79 Å². The summed E-state index contributed by atoms with van der Waals surface area (Å²) in [5.41, 5.74) is 2.80. The Morgan fingerprint density at radius 1 is 0.939 bits per heavy atom. The third-order valence-electron chi connectivity index (χ3n) is 5.56. The van der Waals surface area contributed by atoms with Gasteiger partial charge in [-0.15, -0.1) is 11.8 Å². The van der Waals surface area contributed by atoms with Crippen molar-refractivity contribution in [1.29, 1.82) is 0 Å². The largest absolute Gasteiger partial charge is 0.494 e. The van der Waals surface area contributed by atoms with Crippen molar-refractivity contribution in [2.75, 3.05) is 37.7 Å². The highest BCUT2D eigenvalue weighted by Gasteiger charge is 2.23. The van der Waals surface area contributed by atoms with E-state index in [1.165, 1.54) is 0 Å². The number of rotatable bonds is 7. The van der Waals surface area contributed by atoms with Gasteiger partial charge in [-0.05, 0) is 67.6 Å². The van der Waals surface area contributed by atoms with Gasteiger partial charge in [0.25, 0.3) is 5.91 Å². The van der Waals surface area contributed by atoms with Gasteiger partial charge < -0.3 is 14.5 Å². The molecule has 0 atom stereocenters. The lowest BCUT2D eigenvalue weighted by Crippen LogP contribution is -2.48. The van der Waals surface area contributed by atoms with Gasteiger partial charge in [-0.25, -0.2) is 0 Å². The molecular weight excluding hydrogens is 475 g/mol. The molecule has 3 aromatic rings. The Kier molecular flexibility index (Phi) is 8.07. The highest BCUT2D eigenvalue weighted by Crippen LogP contribution is 2.30. The zero-order valence-electron chi connectivity index (χ0n) is 18.5. The number of benzene rings is 3. The number of amides is 1. The molecule has 0 radical (unpaired) electrons. The van der Waals surface area contributed by atoms with Gasteiger partial charge in [-0.1, -0.05) is 29.3 Å². The first kappa shape index (κ1) is 23.8. The first-order valence-electron chi connectivity index (χ1n) is 11.0. The fraction of sp³-hybridized carbons (Fsp3) is 0.269. The van der Waals surface area contributed by atoms with Gasteiger partial charge >= 0.3 is 0 Å². The number of carbonyl (C=O) groups excluding carboxylic acids is 1. The summed E-state index contributed by atoms with van der Waals surface area (Å²) >= 11 is 13.8. The van der Waals surface area contributed by atoms with Crippen LogP contribution in [-0.4, -0.2) is 43.6 Å². The Bertz CT molecular complexity index is 1100. The van der Waals surface area contributed by atoms with Gasteiger partial charge in [0.1, 0.15) is 5.75 Å². The fourth-order valence-electron chi connectivity index (χ4n) is 3.84. The molecule has 1 fully saturated rings. The average molecular weight is 501 g/mol. The number of ether oxygens (including phenoxy) is 1. The van der Waals surface area contributed by atoms with Crippen molar-refractivity contribution in [2.45, 2.75) is 17.6 Å². The maximum Gasteiger partial charge on any atom is 0.253 e. The summed E-state index contributed by atoms with van der Waals surface area (Å²) in [7, 11) is 0. The van der Waals surface area contributed by atoms with Crippen LogP contribution in [0.4, 0.5) is 5.69 Å². The molecule has 0 spiro atoms. The Hall–Kier alpha value is -2.34. The summed E-state index contributed by atoms with van der Waals surface area (Å²) in [5.74, 6) is 1.59. The second-order valence-corrected chi connectivity index (χ2v) is 9.68. The molecular formula is C26H26Cl2N2O2S. The molecule has 172 valence electrons. The highest BCUT2D eigenvalue weighted by atomic mass is 35.5. The molecule has 0 aliphatic carbocycles. The minimum absolute atomic E-state index is 0.0570. The summed E-state index contributed by atoms with van der Waals surface area (Å²) in [6, 6.07) is 21.4. The lowest BCUT2D eigenvalue weighted by molar-refractivity contribution is 0.0746. The van der Waals surface area contributed by atoms with E-state index in [1.54, 1.807) is 11.8 Å². The number of hydrogen-bond acceptors (Lipinski definition) is 4. The lowest BCUT2D eigenvalue weighted by atomic mass is 10.1. The van der Waals surface area contributed by atoms with Crippen LogP contribution in [0, 0.1) is 0 Å². The standard InChI is InChI=1S/C26H26Cl2N2O2S/c1-2-32-25-11-6-19(16-20(25)18-33-24-9-7-21(27)8-10-24)26(31)30-14-12-29(13-15-30)23-5-3-4-22(28)17-23/h3-11,16-17H,2,12-15,18H2,1H3. The molecule has 0 bridgehead atoms. The van der Waals surface area contributed by atoms with Crippen LogP contribution in [0.2, 0.25) is 10.0 Å². The third kappa shape index (κ3) is 6.17. The zero-order valence-corrected chi connectivity index (χ0v) is 20.8. The van der Waals surface area contributed by atoms with Crippen molar-refractivity contribution < 1.29 is 9.53 Å². The van der Waals surface area contributed by atoms with E-state index in [-0.39, 0.29) is 5.91 Å². The second kappa shape index (κ2) is 11.2. The van der Waals surface area contributed by atoms with Gasteiger partial charge in [-0.2, -0.15) is 0 Å². The predicted molar refractivity (Wildman–Crippen MR) is 138 cm³/mol. The third-order valence-corrected chi connectivity index (χ3v) is 7.10. The molecule has 0 saturated carbocycles. The summed E-state index contributed by atoms with van der Waals surface area (Å²) in [5, 5.41) is 1.45. The summed E-state index contributed by atoms with van der Waals surface area (Å²) in [6.45, 7) is 5.46. The maximum atomic E-state index is 13.3. The molecule has 1 heterocycles. The van der Waals surface area contributed by atoms with E-state index in [1.807, 2.05) is 72.5 Å². The van der Waals surface area contributed by atoms with Crippen molar-refractivity contribution in [2.24, 2.45) is 0 Å². The van der Waals surface area contributed by atoms with Crippen molar-refractivity contribution >= 4 is 46.6 Å². The van der Waals surface area contributed by atoms with Gasteiger partial charge in [0.05, 0.1) is 6.61 Å². The topological polar surface area (TPSA) is 32.8 Å². The van der Waals surface area contributed by atoms with Crippen LogP contribution in [0.15, 0.2) is 71.6 Å². The molecule has 1 amide bonds. The van der Waals surface area contributed by atoms with E-state index in [4.69, 9.17) is 27.9 Å². The van der Waals surface area contributed by atoms with Crippen molar-refractivity contribution in [1.82, 2.24) is 4.90 Å². The number of anilines is 1. The molecule has 4 nitrogen and oxygen atoms in total. The first-order valence-corrected chi connectivity index (χ1v) is 12.7. The number of carbonyl (C=O) groups is 1. The number of hydrogen-bond donors (Lipinski definition) is 0. The Labute approximate surface area is 209 Å². The van der Waals surface area contributed by atoms with Gasteiger partial charge in [-0.3, -0.25) is 4.79 Å². The molecule has 1 aliphatic heterocycles. The van der Waals surface area contributed by atoms with Gasteiger partial charge in [0, 0.05) is 63.7 Å². The normalized spacial score (nSPS) is 13.8. The van der Waals surface area contributed by atoms with Crippen LogP contribution >= 0.6 is 35.0 Å². The quantitative estimate of drug-likeness (QED) is 0.340. The Morgan fingerprint density at radius 2 is 1.70 bits per heavy atom. The van der Waals surface area contributed by atoms with E-state index in [0.29, 0.717) is 31.0 Å². The number of nitrogens with zero attached hydrogens (tertiary/aromatic N) is 2. The molecule has 0 unspecified atom stereocenters. The Balaban J connectivity index is 1.43. The summed E-state index contributed by atoms with van der Waals surface area (Å²) < 4.78 is 5.82. The molecule has 3 aromatic carbocycles. The molecule has 1 aliphatic rings. The zero-order chi connectivity index (χ0) is 23.2. The van der Waals surface area contributed by atoms with Crippen LogP contribution in [0.1, 0.15) is 22.8 Å². The van der Waals surface area contributed by atoms with E-state index >= 15 is 0 Å². The van der Waals surface area contributed by atoms with Gasteiger partial charge in [0.2, 0.25) is 0 Å². The number of piperazine rings is 1. The van der Waals surface area contributed by atoms with Gasteiger partial charge in [0.15, 0.2) is 0 Å². The molecule has 33 heavy (non-hydrogen) atoms. The van der Waals surface area contributed by atoms with E-state index in [0.717, 1.165) is 45.0 Å². The van der Waals surface area contributed by atoms with E-state index < -0.39 is 0 Å². The smallest absolute Gasteiger partial charge is 0.253 e. The lowest BCUT2D eigenvalue weighted by Gasteiger charge is -2.36. The number of halogens is 2. The molecule has 0 N–H and O–H groups in total. The van der Waals surface area contributed by atoms with Crippen molar-refractivity contribution in [3.8, 4) is 5.75 Å². The molecule has 4 rings (SSSR count). The van der Waals surface area contributed by atoms with Crippen molar-refractivity contribution in [3.05, 3.63) is 87.9 Å². The summed E-state index contributed by atoms with van der Waals surface area (Å²) in [4.78, 5) is 18.6. The van der Waals surface area contributed by atoms with Crippen LogP contribution in [0.5, 0.6) is 5.75 Å². The number of thioether (sulfide) groups is 1. The minimum atomic E-state index is 0.0570. The monoisotopic (exact) mass is 500 g/mol. The van der Waals surface area contributed by atoms with Crippen LogP contribution < -0.4 is 9.64 Å². The minimum Gasteiger partial charge on any atom is -0.494 e. The molecule has 0 aromatic heterocycles. The average Bonchev–Trinajstić information content (AvgIpc) is 2.84. The molecule has 1 saturated heterocycles. The Morgan fingerprint density at radius 3 is 2.39 bits per heavy atom. The SMILES string of the molecule is CCOc1ccc(C(=O)N2CCN(c3cccc(Cl)c3)CC2)cc1CSc1ccc(Cl)cc1. The first-order chi connectivity index (χ1) is 16.0. The van der Waals surface area contributed by atoms with Crippen molar-refractivity contribution in [3.63, 3.8) is 0 Å². The highest BCUT2D eigenvalue weighted by molar-refractivity contribution is 7.98. The van der Waals surface area contributed by atoms with E-state index in [2.05, 4.69) is 11.0 Å².